The summed E-state index contributed by atoms with van der Waals surface area (Å²) in [6.07, 6.45) is 2.14. The molecule has 0 saturated carbocycles. The molecule has 0 radical (unpaired) electrons. The summed E-state index contributed by atoms with van der Waals surface area (Å²) in [5.41, 5.74) is -0.0579. The summed E-state index contributed by atoms with van der Waals surface area (Å²) in [5, 5.41) is -0.0625. The van der Waals surface area contributed by atoms with E-state index in [1.54, 1.807) is 6.07 Å². The third-order valence-corrected chi connectivity index (χ3v) is 4.37. The molecule has 2 aromatic rings. The fraction of sp³-hybridized carbons (Fsp3) is 0.0909. The van der Waals surface area contributed by atoms with Crippen LogP contribution in [-0.4, -0.2) is 25.4 Å². The van der Waals surface area contributed by atoms with Gasteiger partial charge in [-0.1, -0.05) is 12.1 Å². The SMILES string of the molecule is CN(c1ccccc1F)S(=O)(=O)c1cnc(Cl)nc1. The maximum absolute atomic E-state index is 13.6. The summed E-state index contributed by atoms with van der Waals surface area (Å²) in [7, 11) is -2.67. The number of halogens is 2. The molecule has 8 heteroatoms. The highest BCUT2D eigenvalue weighted by Gasteiger charge is 2.24. The third-order valence-electron chi connectivity index (χ3n) is 2.45. The Labute approximate surface area is 114 Å². The van der Waals surface area contributed by atoms with Gasteiger partial charge in [0.25, 0.3) is 10.0 Å². The van der Waals surface area contributed by atoms with E-state index < -0.39 is 15.8 Å². The molecule has 1 heterocycles. The predicted molar refractivity (Wildman–Crippen MR) is 69.0 cm³/mol. The van der Waals surface area contributed by atoms with Gasteiger partial charge in [-0.3, -0.25) is 4.31 Å². The van der Waals surface area contributed by atoms with Gasteiger partial charge in [-0.05, 0) is 23.7 Å². The van der Waals surface area contributed by atoms with E-state index >= 15 is 0 Å². The fourth-order valence-corrected chi connectivity index (χ4v) is 2.62. The highest BCUT2D eigenvalue weighted by atomic mass is 35.5. The van der Waals surface area contributed by atoms with Crippen molar-refractivity contribution < 1.29 is 12.8 Å². The van der Waals surface area contributed by atoms with Crippen molar-refractivity contribution in [2.45, 2.75) is 4.90 Å². The first kappa shape index (κ1) is 13.7. The average molecular weight is 302 g/mol. The molecule has 0 unspecified atom stereocenters. The van der Waals surface area contributed by atoms with Crippen molar-refractivity contribution in [2.24, 2.45) is 0 Å². The van der Waals surface area contributed by atoms with Crippen LogP contribution in [0.5, 0.6) is 0 Å². The van der Waals surface area contributed by atoms with Crippen LogP contribution in [0.1, 0.15) is 0 Å². The molecule has 0 aliphatic carbocycles. The summed E-state index contributed by atoms with van der Waals surface area (Å²) in [6, 6.07) is 5.57. The minimum Gasteiger partial charge on any atom is -0.266 e. The van der Waals surface area contributed by atoms with Crippen molar-refractivity contribution in [3.63, 3.8) is 0 Å². The second kappa shape index (κ2) is 5.10. The number of nitrogens with zero attached hydrogens (tertiary/aromatic N) is 3. The normalized spacial score (nSPS) is 11.3. The van der Waals surface area contributed by atoms with E-state index in [4.69, 9.17) is 11.6 Å². The van der Waals surface area contributed by atoms with Crippen molar-refractivity contribution >= 4 is 27.3 Å². The van der Waals surface area contributed by atoms with Gasteiger partial charge in [-0.25, -0.2) is 22.8 Å². The van der Waals surface area contributed by atoms with Crippen molar-refractivity contribution in [3.8, 4) is 0 Å². The molecule has 1 aromatic heterocycles. The molecular formula is C11H9ClFN3O2S. The van der Waals surface area contributed by atoms with E-state index in [0.29, 0.717) is 0 Å². The van der Waals surface area contributed by atoms with Gasteiger partial charge < -0.3 is 0 Å². The van der Waals surface area contributed by atoms with Crippen molar-refractivity contribution in [2.75, 3.05) is 11.4 Å². The fourth-order valence-electron chi connectivity index (χ4n) is 1.43. The molecule has 19 heavy (non-hydrogen) atoms. The Kier molecular flexibility index (Phi) is 3.68. The molecule has 0 atom stereocenters. The van der Waals surface area contributed by atoms with E-state index in [9.17, 15) is 12.8 Å². The van der Waals surface area contributed by atoms with Gasteiger partial charge in [-0.2, -0.15) is 0 Å². The zero-order valence-electron chi connectivity index (χ0n) is 9.79. The number of sulfonamides is 1. The zero-order valence-corrected chi connectivity index (χ0v) is 11.4. The van der Waals surface area contributed by atoms with Gasteiger partial charge in [0, 0.05) is 7.05 Å². The summed E-state index contributed by atoms with van der Waals surface area (Å²) in [6.45, 7) is 0. The lowest BCUT2D eigenvalue weighted by atomic mass is 10.3. The molecule has 0 N–H and O–H groups in total. The van der Waals surface area contributed by atoms with Crippen LogP contribution in [0.15, 0.2) is 41.6 Å². The predicted octanol–water partition coefficient (Wildman–Crippen LogP) is 2.09. The minimum absolute atomic E-state index is 0.0579. The largest absolute Gasteiger partial charge is 0.267 e. The van der Waals surface area contributed by atoms with Gasteiger partial charge in [-0.15, -0.1) is 0 Å². The van der Waals surface area contributed by atoms with Crippen molar-refractivity contribution in [1.29, 1.82) is 0 Å². The highest BCUT2D eigenvalue weighted by Crippen LogP contribution is 2.23. The summed E-state index contributed by atoms with van der Waals surface area (Å²) >= 11 is 5.49. The molecule has 0 fully saturated rings. The van der Waals surface area contributed by atoms with Crippen molar-refractivity contribution in [1.82, 2.24) is 9.97 Å². The van der Waals surface area contributed by atoms with E-state index in [0.717, 1.165) is 16.7 Å². The van der Waals surface area contributed by atoms with Crippen LogP contribution in [0.2, 0.25) is 5.28 Å². The molecule has 0 amide bonds. The number of para-hydroxylation sites is 1. The van der Waals surface area contributed by atoms with Gasteiger partial charge in [0.2, 0.25) is 5.28 Å². The van der Waals surface area contributed by atoms with E-state index in [1.807, 2.05) is 0 Å². The Bertz CT molecular complexity index is 691. The topological polar surface area (TPSA) is 63.2 Å². The van der Waals surface area contributed by atoms with Crippen LogP contribution < -0.4 is 4.31 Å². The first-order valence-electron chi connectivity index (χ1n) is 5.14. The number of rotatable bonds is 3. The minimum atomic E-state index is -3.92. The van der Waals surface area contributed by atoms with Gasteiger partial charge in [0.15, 0.2) is 0 Å². The number of hydrogen-bond acceptors (Lipinski definition) is 4. The molecule has 0 aliphatic heterocycles. The number of anilines is 1. The lowest BCUT2D eigenvalue weighted by molar-refractivity contribution is 0.589. The number of benzene rings is 1. The number of aromatic nitrogens is 2. The molecule has 5 nitrogen and oxygen atoms in total. The average Bonchev–Trinajstić information content (AvgIpc) is 2.39. The second-order valence-electron chi connectivity index (χ2n) is 3.61. The Morgan fingerprint density at radius 3 is 2.37 bits per heavy atom. The summed E-state index contributed by atoms with van der Waals surface area (Å²) in [4.78, 5) is 7.03. The molecule has 0 saturated heterocycles. The van der Waals surface area contributed by atoms with Crippen LogP contribution in [0.25, 0.3) is 0 Å². The van der Waals surface area contributed by atoms with Crippen LogP contribution in [0.4, 0.5) is 10.1 Å². The van der Waals surface area contributed by atoms with Crippen LogP contribution >= 0.6 is 11.6 Å². The van der Waals surface area contributed by atoms with Gasteiger partial charge in [0.05, 0.1) is 18.1 Å². The van der Waals surface area contributed by atoms with Crippen LogP contribution in [0, 0.1) is 5.82 Å². The van der Waals surface area contributed by atoms with E-state index in [2.05, 4.69) is 9.97 Å². The smallest absolute Gasteiger partial charge is 0.266 e. The monoisotopic (exact) mass is 301 g/mol. The third kappa shape index (κ3) is 2.66. The Hall–Kier alpha value is -1.73. The maximum Gasteiger partial charge on any atom is 0.267 e. The molecule has 0 spiro atoms. The first-order chi connectivity index (χ1) is 8.93. The maximum atomic E-state index is 13.6. The second-order valence-corrected chi connectivity index (χ2v) is 5.92. The zero-order chi connectivity index (χ0) is 14.0. The molecule has 1 aromatic carbocycles. The molecule has 2 rings (SSSR count). The standard InChI is InChI=1S/C11H9ClFN3O2S/c1-16(10-5-3-2-4-9(10)13)19(17,18)8-6-14-11(12)15-7-8/h2-7H,1H3. The van der Waals surface area contributed by atoms with E-state index in [1.165, 1.54) is 25.2 Å². The lowest BCUT2D eigenvalue weighted by Gasteiger charge is -2.19. The Morgan fingerprint density at radius 1 is 1.21 bits per heavy atom. The molecular weight excluding hydrogens is 293 g/mol. The Balaban J connectivity index is 2.45. The van der Waals surface area contributed by atoms with Gasteiger partial charge in [0.1, 0.15) is 10.7 Å². The summed E-state index contributed by atoms with van der Waals surface area (Å²) < 4.78 is 38.9. The summed E-state index contributed by atoms with van der Waals surface area (Å²) in [5.74, 6) is -0.636. The molecule has 100 valence electrons. The lowest BCUT2D eigenvalue weighted by Crippen LogP contribution is -2.27. The van der Waals surface area contributed by atoms with Crippen molar-refractivity contribution in [3.05, 3.63) is 47.8 Å². The quantitative estimate of drug-likeness (QED) is 0.814. The van der Waals surface area contributed by atoms with E-state index in [-0.39, 0.29) is 15.9 Å². The number of hydrogen-bond donors (Lipinski definition) is 0. The van der Waals surface area contributed by atoms with Crippen LogP contribution in [0.3, 0.4) is 0 Å². The Morgan fingerprint density at radius 2 is 1.79 bits per heavy atom. The first-order valence-corrected chi connectivity index (χ1v) is 6.96. The highest BCUT2D eigenvalue weighted by molar-refractivity contribution is 7.92. The van der Waals surface area contributed by atoms with Crippen LogP contribution in [-0.2, 0) is 10.0 Å². The molecule has 0 bridgehead atoms. The molecule has 0 aliphatic rings. The van der Waals surface area contributed by atoms with Gasteiger partial charge >= 0.3 is 0 Å².